The Bertz CT molecular complexity index is 1060. The number of ether oxygens (including phenoxy) is 2. The summed E-state index contributed by atoms with van der Waals surface area (Å²) < 4.78 is 13.0. The van der Waals surface area contributed by atoms with Gasteiger partial charge in [-0.1, -0.05) is 12.1 Å². The molecule has 0 spiro atoms. The number of amides is 2. The topological polar surface area (TPSA) is 76.9 Å². The van der Waals surface area contributed by atoms with E-state index < -0.39 is 5.92 Å². The number of carbonyl (C=O) groups is 2. The van der Waals surface area contributed by atoms with Crippen molar-refractivity contribution in [1.29, 1.82) is 0 Å². The molecule has 0 bridgehead atoms. The van der Waals surface area contributed by atoms with Gasteiger partial charge in [0.05, 0.1) is 17.7 Å². The Labute approximate surface area is 181 Å². The van der Waals surface area contributed by atoms with Gasteiger partial charge in [0.2, 0.25) is 11.8 Å². The van der Waals surface area contributed by atoms with Crippen LogP contribution in [0.25, 0.3) is 5.57 Å². The van der Waals surface area contributed by atoms with E-state index in [1.807, 2.05) is 36.2 Å². The summed E-state index contributed by atoms with van der Waals surface area (Å²) in [5.74, 6) is 1.18. The third kappa shape index (κ3) is 3.45. The summed E-state index contributed by atoms with van der Waals surface area (Å²) in [6, 6.07) is 7.60. The molecule has 162 valence electrons. The van der Waals surface area contributed by atoms with Crippen LogP contribution in [0.2, 0.25) is 0 Å². The number of rotatable bonds is 3. The number of carbonyl (C=O) groups excluding carboxylic acids is 2. The highest BCUT2D eigenvalue weighted by Crippen LogP contribution is 2.39. The van der Waals surface area contributed by atoms with Crippen LogP contribution in [0.3, 0.4) is 0 Å². The molecular formula is C23H26N4O4. The van der Waals surface area contributed by atoms with Gasteiger partial charge in [-0.25, -0.2) is 0 Å². The van der Waals surface area contributed by atoms with Crippen LogP contribution in [0.1, 0.15) is 30.1 Å². The lowest BCUT2D eigenvalue weighted by Gasteiger charge is -2.32. The van der Waals surface area contributed by atoms with E-state index in [1.165, 1.54) is 5.57 Å². The lowest BCUT2D eigenvalue weighted by atomic mass is 9.93. The van der Waals surface area contributed by atoms with Crippen molar-refractivity contribution >= 4 is 17.4 Å². The van der Waals surface area contributed by atoms with Crippen LogP contribution >= 0.6 is 0 Å². The molecule has 2 aromatic rings. The van der Waals surface area contributed by atoms with Crippen molar-refractivity contribution in [2.24, 2.45) is 13.0 Å². The third-order valence-electron chi connectivity index (χ3n) is 6.50. The predicted octanol–water partition coefficient (Wildman–Crippen LogP) is 2.03. The highest BCUT2D eigenvalue weighted by molar-refractivity contribution is 5.90. The van der Waals surface area contributed by atoms with Crippen LogP contribution < -0.4 is 9.47 Å². The molecule has 0 saturated carbocycles. The molecule has 1 saturated heterocycles. The molecule has 2 unspecified atom stereocenters. The monoisotopic (exact) mass is 422 g/mol. The minimum atomic E-state index is -0.392. The summed E-state index contributed by atoms with van der Waals surface area (Å²) in [6.07, 6.45) is 4.81. The lowest BCUT2D eigenvalue weighted by Crippen LogP contribution is -2.41. The van der Waals surface area contributed by atoms with Gasteiger partial charge in [0.15, 0.2) is 11.5 Å². The second-order valence-electron chi connectivity index (χ2n) is 8.26. The zero-order chi connectivity index (χ0) is 21.5. The standard InChI is InChI=1S/C23H26N4O4/c1-25-21(28)14-17(22(25)18-5-8-24-26(18)2)23(29)27-9-6-15(7-10-27)16-3-4-19-20(13-16)31-12-11-30-19/h3-6,8,13,17,22H,7,9-12,14H2,1-2H3. The van der Waals surface area contributed by atoms with Crippen molar-refractivity contribution in [3.8, 4) is 11.5 Å². The first-order valence-electron chi connectivity index (χ1n) is 10.6. The van der Waals surface area contributed by atoms with Crippen molar-refractivity contribution in [3.63, 3.8) is 0 Å². The molecule has 1 fully saturated rings. The minimum Gasteiger partial charge on any atom is -0.486 e. The number of likely N-dealkylation sites (tertiary alicyclic amines) is 1. The molecule has 0 aliphatic carbocycles. The van der Waals surface area contributed by atoms with Crippen LogP contribution in [-0.4, -0.2) is 64.7 Å². The zero-order valence-corrected chi connectivity index (χ0v) is 17.8. The Hall–Kier alpha value is -3.29. The van der Waals surface area contributed by atoms with Crippen molar-refractivity contribution in [3.05, 3.63) is 47.8 Å². The van der Waals surface area contributed by atoms with Crippen LogP contribution in [0.4, 0.5) is 0 Å². The van der Waals surface area contributed by atoms with Gasteiger partial charge in [-0.2, -0.15) is 5.10 Å². The van der Waals surface area contributed by atoms with E-state index in [4.69, 9.17) is 9.47 Å². The molecule has 0 radical (unpaired) electrons. The molecule has 4 heterocycles. The first-order valence-corrected chi connectivity index (χ1v) is 10.6. The molecule has 2 atom stereocenters. The van der Waals surface area contributed by atoms with Gasteiger partial charge < -0.3 is 19.3 Å². The summed E-state index contributed by atoms with van der Waals surface area (Å²) in [6.45, 7) is 2.30. The summed E-state index contributed by atoms with van der Waals surface area (Å²) in [5, 5.41) is 4.23. The fourth-order valence-corrected chi connectivity index (χ4v) is 4.78. The Morgan fingerprint density at radius 3 is 2.65 bits per heavy atom. The maximum atomic E-state index is 13.4. The van der Waals surface area contributed by atoms with Crippen LogP contribution in [-0.2, 0) is 16.6 Å². The van der Waals surface area contributed by atoms with E-state index in [-0.39, 0.29) is 24.3 Å². The van der Waals surface area contributed by atoms with Gasteiger partial charge in [0, 0.05) is 39.8 Å². The van der Waals surface area contributed by atoms with Crippen LogP contribution in [0.15, 0.2) is 36.5 Å². The molecule has 8 nitrogen and oxygen atoms in total. The van der Waals surface area contributed by atoms with Crippen molar-refractivity contribution in [2.45, 2.75) is 18.9 Å². The minimum absolute atomic E-state index is 0.00549. The average Bonchev–Trinajstić information content (AvgIpc) is 3.35. The van der Waals surface area contributed by atoms with E-state index in [9.17, 15) is 9.59 Å². The van der Waals surface area contributed by atoms with Crippen molar-refractivity contribution in [2.75, 3.05) is 33.4 Å². The zero-order valence-electron chi connectivity index (χ0n) is 17.8. The van der Waals surface area contributed by atoms with Gasteiger partial charge >= 0.3 is 0 Å². The van der Waals surface area contributed by atoms with Crippen molar-refractivity contribution in [1.82, 2.24) is 19.6 Å². The number of aryl methyl sites for hydroxylation is 1. The molecule has 8 heteroatoms. The molecule has 5 rings (SSSR count). The number of fused-ring (bicyclic) bond motifs is 1. The summed E-state index contributed by atoms with van der Waals surface area (Å²) >= 11 is 0. The molecule has 1 aromatic carbocycles. The van der Waals surface area contributed by atoms with Crippen LogP contribution in [0, 0.1) is 5.92 Å². The predicted molar refractivity (Wildman–Crippen MR) is 113 cm³/mol. The van der Waals surface area contributed by atoms with E-state index in [0.717, 1.165) is 29.2 Å². The molecule has 3 aliphatic rings. The van der Waals surface area contributed by atoms with E-state index in [1.54, 1.807) is 22.8 Å². The number of hydrogen-bond acceptors (Lipinski definition) is 5. The maximum absolute atomic E-state index is 13.4. The Morgan fingerprint density at radius 1 is 1.13 bits per heavy atom. The third-order valence-corrected chi connectivity index (χ3v) is 6.50. The molecule has 31 heavy (non-hydrogen) atoms. The van der Waals surface area contributed by atoms with Gasteiger partial charge in [-0.15, -0.1) is 0 Å². The molecule has 0 N–H and O–H groups in total. The number of aromatic nitrogens is 2. The van der Waals surface area contributed by atoms with E-state index in [2.05, 4.69) is 11.2 Å². The van der Waals surface area contributed by atoms with Gasteiger partial charge in [-0.3, -0.25) is 14.3 Å². The Kier molecular flexibility index (Phi) is 4.92. The first-order chi connectivity index (χ1) is 15.0. The fourth-order valence-electron chi connectivity index (χ4n) is 4.78. The maximum Gasteiger partial charge on any atom is 0.228 e. The Balaban J connectivity index is 1.33. The highest BCUT2D eigenvalue weighted by Gasteiger charge is 2.45. The summed E-state index contributed by atoms with van der Waals surface area (Å²) in [7, 11) is 3.61. The normalized spacial score (nSPS) is 23.2. The summed E-state index contributed by atoms with van der Waals surface area (Å²) in [4.78, 5) is 29.4. The van der Waals surface area contributed by atoms with Crippen molar-refractivity contribution < 1.29 is 19.1 Å². The summed E-state index contributed by atoms with van der Waals surface area (Å²) in [5.41, 5.74) is 3.18. The molecule has 1 aromatic heterocycles. The molecular weight excluding hydrogens is 396 g/mol. The average molecular weight is 422 g/mol. The van der Waals surface area contributed by atoms with Gasteiger partial charge in [-0.05, 0) is 35.8 Å². The molecule has 3 aliphatic heterocycles. The lowest BCUT2D eigenvalue weighted by molar-refractivity contribution is -0.136. The second-order valence-corrected chi connectivity index (χ2v) is 8.26. The quantitative estimate of drug-likeness (QED) is 0.757. The number of nitrogens with zero attached hydrogens (tertiary/aromatic N) is 4. The van der Waals surface area contributed by atoms with Gasteiger partial charge in [0.25, 0.3) is 0 Å². The van der Waals surface area contributed by atoms with E-state index >= 15 is 0 Å². The molecule has 2 amide bonds. The number of benzene rings is 1. The fraction of sp³-hybridized carbons (Fsp3) is 0.435. The smallest absolute Gasteiger partial charge is 0.228 e. The Morgan fingerprint density at radius 2 is 1.94 bits per heavy atom. The van der Waals surface area contributed by atoms with E-state index in [0.29, 0.717) is 26.3 Å². The van der Waals surface area contributed by atoms with Gasteiger partial charge in [0.1, 0.15) is 13.2 Å². The highest BCUT2D eigenvalue weighted by atomic mass is 16.6. The SMILES string of the molecule is CN1C(=O)CC(C(=O)N2CC=C(c3ccc4c(c3)OCCO4)CC2)C1c1ccnn1C. The second kappa shape index (κ2) is 7.76. The first kappa shape index (κ1) is 19.7. The number of hydrogen-bond donors (Lipinski definition) is 0. The largest absolute Gasteiger partial charge is 0.486 e. The van der Waals surface area contributed by atoms with Crippen LogP contribution in [0.5, 0.6) is 11.5 Å².